The maximum Gasteiger partial charge on any atom is 0.173 e. The quantitative estimate of drug-likeness (QED) is 0.286. The molecule has 1 atom stereocenters. The standard InChI is InChI=1S/C15H23N3OS2/c1-3-11-10-18(8-9-21-11)12-6-5-7-13(20-4-2)14(12)15(16)17-19/h5-7,11,19H,3-4,8-10H2,1-2H3,(H2,16,17). The van der Waals surface area contributed by atoms with Gasteiger partial charge in [0.1, 0.15) is 0 Å². The van der Waals surface area contributed by atoms with E-state index < -0.39 is 0 Å². The molecule has 0 radical (unpaired) electrons. The van der Waals surface area contributed by atoms with Crippen LogP contribution in [0, 0.1) is 0 Å². The van der Waals surface area contributed by atoms with Crippen LogP contribution in [0.4, 0.5) is 5.69 Å². The SMILES string of the molecule is CCSc1cccc(N2CCSC(CC)C2)c1/C(N)=N/O. The Morgan fingerprint density at radius 3 is 3.00 bits per heavy atom. The zero-order valence-electron chi connectivity index (χ0n) is 12.6. The van der Waals surface area contributed by atoms with Crippen molar-refractivity contribution in [2.24, 2.45) is 10.9 Å². The number of nitrogens with zero attached hydrogens (tertiary/aromatic N) is 2. The number of nitrogens with two attached hydrogens (primary N) is 1. The van der Waals surface area contributed by atoms with E-state index in [9.17, 15) is 0 Å². The van der Waals surface area contributed by atoms with Crippen LogP contribution in [0.5, 0.6) is 0 Å². The van der Waals surface area contributed by atoms with Crippen LogP contribution in [0.15, 0.2) is 28.3 Å². The molecule has 1 aromatic rings. The van der Waals surface area contributed by atoms with Gasteiger partial charge in [-0.15, -0.1) is 11.8 Å². The van der Waals surface area contributed by atoms with E-state index in [1.54, 1.807) is 11.8 Å². The molecule has 1 aliphatic heterocycles. The Morgan fingerprint density at radius 1 is 1.52 bits per heavy atom. The highest BCUT2D eigenvalue weighted by Gasteiger charge is 2.23. The van der Waals surface area contributed by atoms with Gasteiger partial charge < -0.3 is 15.8 Å². The molecule has 3 N–H and O–H groups in total. The number of anilines is 1. The molecule has 1 aromatic carbocycles. The fraction of sp³-hybridized carbons (Fsp3) is 0.533. The molecule has 0 aromatic heterocycles. The lowest BCUT2D eigenvalue weighted by Crippen LogP contribution is -2.39. The second kappa shape index (κ2) is 7.84. The van der Waals surface area contributed by atoms with Crippen LogP contribution >= 0.6 is 23.5 Å². The molecule has 0 aliphatic carbocycles. The summed E-state index contributed by atoms with van der Waals surface area (Å²) in [6.45, 7) is 6.37. The topological polar surface area (TPSA) is 61.8 Å². The van der Waals surface area contributed by atoms with Crippen LogP contribution in [-0.2, 0) is 0 Å². The smallest absolute Gasteiger partial charge is 0.173 e. The molecule has 0 amide bonds. The molecule has 6 heteroatoms. The number of rotatable bonds is 5. The first kappa shape index (κ1) is 16.4. The van der Waals surface area contributed by atoms with Crippen molar-refractivity contribution in [3.63, 3.8) is 0 Å². The highest BCUT2D eigenvalue weighted by molar-refractivity contribution is 8.00. The second-order valence-corrected chi connectivity index (χ2v) is 7.63. The number of hydrogen-bond acceptors (Lipinski definition) is 5. The second-order valence-electron chi connectivity index (χ2n) is 4.92. The fourth-order valence-electron chi connectivity index (χ4n) is 2.55. The first-order valence-electron chi connectivity index (χ1n) is 7.31. The molecule has 0 bridgehead atoms. The maximum atomic E-state index is 9.13. The molecule has 1 unspecified atom stereocenters. The summed E-state index contributed by atoms with van der Waals surface area (Å²) in [5.74, 6) is 2.29. The van der Waals surface area contributed by atoms with Crippen molar-refractivity contribution < 1.29 is 5.21 Å². The van der Waals surface area contributed by atoms with Crippen molar-refractivity contribution in [1.29, 1.82) is 0 Å². The molecule has 1 heterocycles. The average molecular weight is 326 g/mol. The Labute approximate surface area is 135 Å². The molecule has 4 nitrogen and oxygen atoms in total. The molecule has 1 aliphatic rings. The lowest BCUT2D eigenvalue weighted by atomic mass is 10.1. The molecule has 116 valence electrons. The summed E-state index contributed by atoms with van der Waals surface area (Å²) in [5, 5.41) is 13.0. The molecule has 1 saturated heterocycles. The van der Waals surface area contributed by atoms with E-state index in [1.807, 2.05) is 17.8 Å². The van der Waals surface area contributed by atoms with Crippen molar-refractivity contribution in [3.05, 3.63) is 23.8 Å². The van der Waals surface area contributed by atoms with Gasteiger partial charge in [0.15, 0.2) is 5.84 Å². The van der Waals surface area contributed by atoms with Gasteiger partial charge in [-0.05, 0) is 24.3 Å². The molecule has 1 fully saturated rings. The summed E-state index contributed by atoms with van der Waals surface area (Å²) in [5.41, 5.74) is 7.91. The van der Waals surface area contributed by atoms with Crippen LogP contribution in [0.25, 0.3) is 0 Å². The van der Waals surface area contributed by atoms with Gasteiger partial charge in [0.25, 0.3) is 0 Å². The van der Waals surface area contributed by atoms with Crippen molar-refractivity contribution in [2.75, 3.05) is 29.5 Å². The van der Waals surface area contributed by atoms with Gasteiger partial charge in [-0.3, -0.25) is 0 Å². The third-order valence-electron chi connectivity index (χ3n) is 3.60. The Hall–Kier alpha value is -1.01. The highest BCUT2D eigenvalue weighted by atomic mass is 32.2. The van der Waals surface area contributed by atoms with Gasteiger partial charge in [0.2, 0.25) is 0 Å². The molecule has 2 rings (SSSR count). The van der Waals surface area contributed by atoms with Crippen LogP contribution in [0.3, 0.4) is 0 Å². The first-order chi connectivity index (χ1) is 10.2. The highest BCUT2D eigenvalue weighted by Crippen LogP contribution is 2.33. The molecule has 0 spiro atoms. The lowest BCUT2D eigenvalue weighted by molar-refractivity contribution is 0.318. The summed E-state index contributed by atoms with van der Waals surface area (Å²) in [4.78, 5) is 3.45. The van der Waals surface area contributed by atoms with Crippen LogP contribution in [-0.4, -0.2) is 40.9 Å². The van der Waals surface area contributed by atoms with E-state index in [0.717, 1.165) is 40.7 Å². The number of benzene rings is 1. The minimum Gasteiger partial charge on any atom is -0.409 e. The Kier molecular flexibility index (Phi) is 6.11. The number of oxime groups is 1. The predicted octanol–water partition coefficient (Wildman–Crippen LogP) is 3.22. The van der Waals surface area contributed by atoms with Crippen molar-refractivity contribution in [3.8, 4) is 0 Å². The van der Waals surface area contributed by atoms with Crippen LogP contribution in [0.2, 0.25) is 0 Å². The summed E-state index contributed by atoms with van der Waals surface area (Å²) < 4.78 is 0. The third kappa shape index (κ3) is 3.80. The maximum absolute atomic E-state index is 9.13. The van der Waals surface area contributed by atoms with Crippen LogP contribution in [0.1, 0.15) is 25.8 Å². The van der Waals surface area contributed by atoms with Crippen molar-refractivity contribution in [2.45, 2.75) is 30.4 Å². The number of hydrogen-bond donors (Lipinski definition) is 2. The Morgan fingerprint density at radius 2 is 2.33 bits per heavy atom. The van der Waals surface area contributed by atoms with Crippen molar-refractivity contribution in [1.82, 2.24) is 0 Å². The number of thioether (sulfide) groups is 2. The van der Waals surface area contributed by atoms with Gasteiger partial charge >= 0.3 is 0 Å². The van der Waals surface area contributed by atoms with E-state index in [1.165, 1.54) is 6.42 Å². The zero-order chi connectivity index (χ0) is 15.2. The minimum atomic E-state index is 0.202. The third-order valence-corrected chi connectivity index (χ3v) is 5.91. The van der Waals surface area contributed by atoms with Gasteiger partial charge in [-0.25, -0.2) is 0 Å². The number of amidine groups is 1. The zero-order valence-corrected chi connectivity index (χ0v) is 14.2. The van der Waals surface area contributed by atoms with Gasteiger partial charge in [0.05, 0.1) is 5.56 Å². The van der Waals surface area contributed by atoms with E-state index in [2.05, 4.69) is 36.0 Å². The average Bonchev–Trinajstić information content (AvgIpc) is 2.54. The summed E-state index contributed by atoms with van der Waals surface area (Å²) in [6.07, 6.45) is 1.17. The van der Waals surface area contributed by atoms with E-state index in [-0.39, 0.29) is 5.84 Å². The van der Waals surface area contributed by atoms with Gasteiger partial charge in [0, 0.05) is 34.7 Å². The largest absolute Gasteiger partial charge is 0.409 e. The minimum absolute atomic E-state index is 0.202. The van der Waals surface area contributed by atoms with Crippen molar-refractivity contribution >= 4 is 35.0 Å². The lowest BCUT2D eigenvalue weighted by Gasteiger charge is -2.35. The summed E-state index contributed by atoms with van der Waals surface area (Å²) in [6, 6.07) is 6.18. The van der Waals surface area contributed by atoms with Gasteiger partial charge in [-0.1, -0.05) is 25.1 Å². The predicted molar refractivity (Wildman–Crippen MR) is 94.1 cm³/mol. The Bertz CT molecular complexity index is 508. The van der Waals surface area contributed by atoms with Crippen LogP contribution < -0.4 is 10.6 Å². The van der Waals surface area contributed by atoms with E-state index in [4.69, 9.17) is 10.9 Å². The Balaban J connectivity index is 2.40. The molecule has 0 saturated carbocycles. The monoisotopic (exact) mass is 325 g/mol. The molecular weight excluding hydrogens is 302 g/mol. The molecule has 21 heavy (non-hydrogen) atoms. The van der Waals surface area contributed by atoms with Gasteiger partial charge in [-0.2, -0.15) is 11.8 Å². The normalized spacial score (nSPS) is 19.8. The van der Waals surface area contributed by atoms with E-state index >= 15 is 0 Å². The first-order valence-corrected chi connectivity index (χ1v) is 9.34. The molecular formula is C15H23N3OS2. The summed E-state index contributed by atoms with van der Waals surface area (Å²) in [7, 11) is 0. The van der Waals surface area contributed by atoms with E-state index in [0.29, 0.717) is 5.25 Å². The fourth-order valence-corrected chi connectivity index (χ4v) is 4.57. The summed E-state index contributed by atoms with van der Waals surface area (Å²) >= 11 is 3.76.